The number of amides is 4. The maximum Gasteiger partial charge on any atom is 0.323 e. The van der Waals surface area contributed by atoms with Crippen LogP contribution in [0.2, 0.25) is 0 Å². The van der Waals surface area contributed by atoms with E-state index in [2.05, 4.69) is 26.3 Å². The highest BCUT2D eigenvalue weighted by Gasteiger charge is 2.20. The van der Waals surface area contributed by atoms with Crippen molar-refractivity contribution in [2.45, 2.75) is 6.54 Å². The minimum Gasteiger partial charge on any atom is -0.454 e. The lowest BCUT2D eigenvalue weighted by Gasteiger charge is -2.20. The summed E-state index contributed by atoms with van der Waals surface area (Å²) in [6.45, 7) is 0.190. The molecule has 0 aliphatic carbocycles. The summed E-state index contributed by atoms with van der Waals surface area (Å²) in [5.74, 6) is -0.515. The first-order valence-corrected chi connectivity index (χ1v) is 8.81. The Morgan fingerprint density at radius 2 is 1.73 bits per heavy atom. The van der Waals surface area contributed by atoms with Crippen molar-refractivity contribution in [2.24, 2.45) is 0 Å². The molecule has 0 bridgehead atoms. The normalized spacial score (nSPS) is 12.3. The topological polar surface area (TPSA) is 104 Å². The predicted molar refractivity (Wildman–Crippen MR) is 106 cm³/mol. The van der Waals surface area contributed by atoms with E-state index in [1.807, 2.05) is 0 Å². The van der Waals surface area contributed by atoms with Gasteiger partial charge < -0.3 is 20.7 Å². The van der Waals surface area contributed by atoms with E-state index in [0.29, 0.717) is 22.8 Å². The van der Waals surface area contributed by atoms with Crippen LogP contribution in [0.3, 0.4) is 0 Å². The molecule has 3 aromatic rings. The lowest BCUT2D eigenvalue weighted by Crippen LogP contribution is -2.34. The van der Waals surface area contributed by atoms with Crippen molar-refractivity contribution in [3.05, 3.63) is 71.9 Å². The van der Waals surface area contributed by atoms with Crippen LogP contribution in [0.5, 0.6) is 11.5 Å². The Morgan fingerprint density at radius 1 is 1.00 bits per heavy atom. The molecule has 0 saturated carbocycles. The highest BCUT2D eigenvalue weighted by atomic mass is 19.1. The monoisotopic (exact) mass is 411 g/mol. The first kappa shape index (κ1) is 19.1. The molecule has 0 saturated heterocycles. The molecule has 4 rings (SSSR count). The maximum absolute atomic E-state index is 14.5. The fourth-order valence-electron chi connectivity index (χ4n) is 2.78. The zero-order chi connectivity index (χ0) is 21.1. The number of aromatic nitrogens is 1. The Morgan fingerprint density at radius 3 is 2.50 bits per heavy atom. The number of benzene rings is 2. The number of halogens is 2. The van der Waals surface area contributed by atoms with Gasteiger partial charge in [0.1, 0.15) is 17.4 Å². The first-order valence-electron chi connectivity index (χ1n) is 8.81. The molecule has 2 heterocycles. The van der Waals surface area contributed by atoms with Crippen LogP contribution in [0.25, 0.3) is 0 Å². The number of hydrogen-bond donors (Lipinski definition) is 4. The quantitative estimate of drug-likeness (QED) is 0.510. The fraction of sp³-hybridized carbons (Fsp3) is 0.0500. The lowest BCUT2D eigenvalue weighted by atomic mass is 10.2. The number of carbonyl (C=O) groups is 2. The molecule has 10 heteroatoms. The number of rotatable bonds is 4. The number of fused-ring (bicyclic) bond motifs is 1. The van der Waals surface area contributed by atoms with Gasteiger partial charge in [0.05, 0.1) is 12.1 Å². The minimum absolute atomic E-state index is 0.0650. The number of urea groups is 2. The van der Waals surface area contributed by atoms with Crippen molar-refractivity contribution in [2.75, 3.05) is 16.0 Å². The molecule has 1 aliphatic rings. The van der Waals surface area contributed by atoms with E-state index in [1.165, 1.54) is 42.6 Å². The summed E-state index contributed by atoms with van der Waals surface area (Å²) in [4.78, 5) is 27.5. The van der Waals surface area contributed by atoms with Gasteiger partial charge in [-0.25, -0.2) is 23.4 Å². The van der Waals surface area contributed by atoms with Gasteiger partial charge in [0.2, 0.25) is 0 Å². The van der Waals surface area contributed by atoms with E-state index in [0.717, 1.165) is 6.07 Å². The standard InChI is InChI=1S/C20H15F2N5O3/c21-11-1-3-12(4-2-11)25-20(29)26-13-5-6-17(15(22)9-13)30-16-7-8-23-18-14(16)10-24-19(28)27-18/h1-9H,10H2,(H2,25,26,29)(H2,23,24,27,28). The Labute approximate surface area is 169 Å². The lowest BCUT2D eigenvalue weighted by molar-refractivity contribution is 0.250. The summed E-state index contributed by atoms with van der Waals surface area (Å²) in [5, 5.41) is 10.1. The van der Waals surface area contributed by atoms with Crippen molar-refractivity contribution in [3.8, 4) is 11.5 Å². The van der Waals surface area contributed by atoms with Crippen molar-refractivity contribution >= 4 is 29.3 Å². The Kier molecular flexibility index (Phi) is 5.12. The summed E-state index contributed by atoms with van der Waals surface area (Å²) in [7, 11) is 0. The van der Waals surface area contributed by atoms with Crippen LogP contribution in [0.1, 0.15) is 5.56 Å². The molecule has 2 aromatic carbocycles. The third-order valence-electron chi connectivity index (χ3n) is 4.18. The molecule has 0 unspecified atom stereocenters. The number of pyridine rings is 1. The fourth-order valence-corrected chi connectivity index (χ4v) is 2.78. The second kappa shape index (κ2) is 8.03. The Hall–Kier alpha value is -4.21. The summed E-state index contributed by atoms with van der Waals surface area (Å²) in [6, 6.07) is 9.72. The molecule has 0 fully saturated rings. The van der Waals surface area contributed by atoms with Gasteiger partial charge in [-0.15, -0.1) is 0 Å². The van der Waals surface area contributed by atoms with Gasteiger partial charge in [-0.3, -0.25) is 5.32 Å². The average molecular weight is 411 g/mol. The number of nitrogens with one attached hydrogen (secondary N) is 4. The highest BCUT2D eigenvalue weighted by Crippen LogP contribution is 2.32. The van der Waals surface area contributed by atoms with E-state index in [1.54, 1.807) is 6.07 Å². The van der Waals surface area contributed by atoms with Gasteiger partial charge in [-0.1, -0.05) is 0 Å². The maximum atomic E-state index is 14.5. The van der Waals surface area contributed by atoms with Crippen molar-refractivity contribution in [1.29, 1.82) is 0 Å². The predicted octanol–water partition coefficient (Wildman–Crippen LogP) is 4.43. The summed E-state index contributed by atoms with van der Waals surface area (Å²) in [6.07, 6.45) is 1.44. The molecule has 0 radical (unpaired) electrons. The molecule has 8 nitrogen and oxygen atoms in total. The van der Waals surface area contributed by atoms with E-state index >= 15 is 0 Å². The molecule has 0 atom stereocenters. The Balaban J connectivity index is 1.45. The van der Waals surface area contributed by atoms with E-state index in [-0.39, 0.29) is 24.0 Å². The number of anilines is 3. The van der Waals surface area contributed by atoms with Crippen LogP contribution in [0.15, 0.2) is 54.7 Å². The van der Waals surface area contributed by atoms with Crippen molar-refractivity contribution in [3.63, 3.8) is 0 Å². The van der Waals surface area contributed by atoms with Crippen LogP contribution in [0.4, 0.5) is 35.6 Å². The first-order chi connectivity index (χ1) is 14.5. The minimum atomic E-state index is -0.701. The summed E-state index contributed by atoms with van der Waals surface area (Å²) in [5.41, 5.74) is 1.17. The van der Waals surface area contributed by atoms with Crippen LogP contribution in [-0.2, 0) is 6.54 Å². The molecular weight excluding hydrogens is 396 g/mol. The third kappa shape index (κ3) is 4.27. The largest absolute Gasteiger partial charge is 0.454 e. The van der Waals surface area contributed by atoms with Gasteiger partial charge >= 0.3 is 12.1 Å². The smallest absolute Gasteiger partial charge is 0.323 e. The van der Waals surface area contributed by atoms with E-state index in [9.17, 15) is 18.4 Å². The Bertz CT molecular complexity index is 1120. The number of carbonyl (C=O) groups excluding carboxylic acids is 2. The molecule has 1 aliphatic heterocycles. The second-order valence-corrected chi connectivity index (χ2v) is 6.28. The average Bonchev–Trinajstić information content (AvgIpc) is 2.71. The van der Waals surface area contributed by atoms with Crippen molar-refractivity contribution < 1.29 is 23.1 Å². The third-order valence-corrected chi connectivity index (χ3v) is 4.18. The number of ether oxygens (including phenoxy) is 1. The SMILES string of the molecule is O=C(Nc1ccc(F)cc1)Nc1ccc(Oc2ccnc3c2CNC(=O)N3)c(F)c1. The molecule has 4 amide bonds. The second-order valence-electron chi connectivity index (χ2n) is 6.28. The zero-order valence-corrected chi connectivity index (χ0v) is 15.3. The van der Waals surface area contributed by atoms with Gasteiger partial charge in [0.15, 0.2) is 11.6 Å². The van der Waals surface area contributed by atoms with E-state index < -0.39 is 17.7 Å². The van der Waals surface area contributed by atoms with Crippen LogP contribution < -0.4 is 26.0 Å². The van der Waals surface area contributed by atoms with E-state index in [4.69, 9.17) is 4.74 Å². The van der Waals surface area contributed by atoms with Crippen LogP contribution in [-0.4, -0.2) is 17.0 Å². The number of hydrogen-bond acceptors (Lipinski definition) is 4. The number of nitrogens with zero attached hydrogens (tertiary/aromatic N) is 1. The molecule has 30 heavy (non-hydrogen) atoms. The van der Waals surface area contributed by atoms with Crippen molar-refractivity contribution in [1.82, 2.24) is 10.3 Å². The highest BCUT2D eigenvalue weighted by molar-refractivity contribution is 5.99. The summed E-state index contributed by atoms with van der Waals surface area (Å²) >= 11 is 0. The van der Waals surface area contributed by atoms with Crippen LogP contribution >= 0.6 is 0 Å². The molecule has 0 spiro atoms. The zero-order valence-electron chi connectivity index (χ0n) is 15.3. The van der Waals surface area contributed by atoms with Gasteiger partial charge in [0.25, 0.3) is 0 Å². The van der Waals surface area contributed by atoms with Gasteiger partial charge in [-0.2, -0.15) is 0 Å². The molecule has 4 N–H and O–H groups in total. The molecule has 1 aromatic heterocycles. The van der Waals surface area contributed by atoms with Crippen LogP contribution in [0, 0.1) is 11.6 Å². The molecule has 152 valence electrons. The van der Waals surface area contributed by atoms with Gasteiger partial charge in [-0.05, 0) is 42.5 Å². The van der Waals surface area contributed by atoms with Gasteiger partial charge in [0, 0.05) is 23.6 Å². The summed E-state index contributed by atoms with van der Waals surface area (Å²) < 4.78 is 33.1. The molecular formula is C20H15F2N5O3.